The van der Waals surface area contributed by atoms with Gasteiger partial charge in [0, 0.05) is 24.9 Å². The number of hydrogen-bond donors (Lipinski definition) is 1. The third-order valence-corrected chi connectivity index (χ3v) is 5.83. The highest BCUT2D eigenvalue weighted by Crippen LogP contribution is 2.42. The smallest absolute Gasteiger partial charge is 0.269 e. The van der Waals surface area contributed by atoms with E-state index in [2.05, 4.69) is 5.32 Å². The van der Waals surface area contributed by atoms with Crippen LogP contribution in [0.5, 0.6) is 0 Å². The van der Waals surface area contributed by atoms with Crippen LogP contribution in [-0.4, -0.2) is 29.0 Å². The average Bonchev–Trinajstić information content (AvgIpc) is 3.05. The number of thioether (sulfide) groups is 1. The Hall–Kier alpha value is -3.64. The van der Waals surface area contributed by atoms with E-state index in [1.54, 1.807) is 24.3 Å². The number of anilines is 1. The number of nitrogens with one attached hydrogen (secondary N) is 1. The summed E-state index contributed by atoms with van der Waals surface area (Å²) in [5.41, 5.74) is 1.96. The lowest BCUT2D eigenvalue weighted by atomic mass is 10.1. The zero-order valence-corrected chi connectivity index (χ0v) is 17.1. The number of nitrogens with zero attached hydrogens (tertiary/aromatic N) is 3. The van der Waals surface area contributed by atoms with E-state index in [0.29, 0.717) is 11.3 Å². The molecule has 0 aromatic heterocycles. The van der Waals surface area contributed by atoms with Crippen molar-refractivity contribution >= 4 is 35.0 Å². The summed E-state index contributed by atoms with van der Waals surface area (Å²) in [4.78, 5) is 37.4. The molecule has 2 amide bonds. The average molecular weight is 422 g/mol. The van der Waals surface area contributed by atoms with Crippen molar-refractivity contribution in [3.05, 3.63) is 80.4 Å². The van der Waals surface area contributed by atoms with Crippen LogP contribution >= 0.6 is 11.8 Å². The molecule has 1 fully saturated rings. The van der Waals surface area contributed by atoms with Crippen molar-refractivity contribution in [2.45, 2.75) is 18.6 Å². The lowest BCUT2D eigenvalue weighted by Gasteiger charge is -2.18. The molecule has 152 valence electrons. The molecule has 3 rings (SSSR count). The van der Waals surface area contributed by atoms with Gasteiger partial charge in [-0.2, -0.15) is 5.26 Å². The van der Waals surface area contributed by atoms with Gasteiger partial charge in [0.25, 0.3) is 11.6 Å². The van der Waals surface area contributed by atoms with Gasteiger partial charge in [-0.15, -0.1) is 0 Å². The largest absolute Gasteiger partial charge is 0.354 e. The summed E-state index contributed by atoms with van der Waals surface area (Å²) in [5.74, 6) is -0.872. The van der Waals surface area contributed by atoms with Crippen molar-refractivity contribution in [2.24, 2.45) is 0 Å². The van der Waals surface area contributed by atoms with Crippen LogP contribution < -0.4 is 10.2 Å². The van der Waals surface area contributed by atoms with Crippen LogP contribution in [0.15, 0.2) is 59.1 Å². The van der Waals surface area contributed by atoms with Crippen LogP contribution in [0.2, 0.25) is 0 Å². The fourth-order valence-corrected chi connectivity index (χ4v) is 4.36. The quantitative estimate of drug-likeness (QED) is 0.343. The Morgan fingerprint density at radius 2 is 2.00 bits per heavy atom. The van der Waals surface area contributed by atoms with Crippen LogP contribution in [0, 0.1) is 28.4 Å². The summed E-state index contributed by atoms with van der Waals surface area (Å²) < 4.78 is 0. The second kappa shape index (κ2) is 8.80. The highest BCUT2D eigenvalue weighted by molar-refractivity contribution is 8.05. The fraction of sp³-hybridized carbons (Fsp3) is 0.190. The number of carbonyl (C=O) groups excluding carboxylic acids is 2. The third kappa shape index (κ3) is 4.18. The third-order valence-electron chi connectivity index (χ3n) is 4.57. The normalized spacial score (nSPS) is 17.4. The Morgan fingerprint density at radius 3 is 2.60 bits per heavy atom. The molecule has 1 aliphatic rings. The van der Waals surface area contributed by atoms with Crippen molar-refractivity contribution in [1.29, 1.82) is 5.26 Å². The Balaban J connectivity index is 2.03. The van der Waals surface area contributed by atoms with Crippen LogP contribution in [0.4, 0.5) is 11.4 Å². The molecule has 0 saturated carbocycles. The molecular weight excluding hydrogens is 404 g/mol. The lowest BCUT2D eigenvalue weighted by molar-refractivity contribution is -0.384. The van der Waals surface area contributed by atoms with Crippen molar-refractivity contribution in [1.82, 2.24) is 5.32 Å². The maximum absolute atomic E-state index is 13.3. The van der Waals surface area contributed by atoms with Gasteiger partial charge in [0.1, 0.15) is 16.7 Å². The van der Waals surface area contributed by atoms with Gasteiger partial charge in [0.05, 0.1) is 10.2 Å². The highest BCUT2D eigenvalue weighted by Gasteiger charge is 2.40. The van der Waals surface area contributed by atoms with Gasteiger partial charge < -0.3 is 5.32 Å². The monoisotopic (exact) mass is 422 g/mol. The molecule has 1 atom stereocenters. The van der Waals surface area contributed by atoms with Gasteiger partial charge in [0.15, 0.2) is 0 Å². The maximum atomic E-state index is 13.3. The van der Waals surface area contributed by atoms with Crippen molar-refractivity contribution in [3.63, 3.8) is 0 Å². The van der Waals surface area contributed by atoms with Gasteiger partial charge in [-0.25, -0.2) is 0 Å². The van der Waals surface area contributed by atoms with E-state index >= 15 is 0 Å². The van der Waals surface area contributed by atoms with Gasteiger partial charge in [-0.1, -0.05) is 41.6 Å². The summed E-state index contributed by atoms with van der Waals surface area (Å²) in [7, 11) is 1.42. The van der Waals surface area contributed by atoms with Gasteiger partial charge >= 0.3 is 0 Å². The molecule has 0 bridgehead atoms. The number of hydrogen-bond acceptors (Lipinski definition) is 6. The molecule has 2 aromatic carbocycles. The number of carbonyl (C=O) groups is 2. The molecule has 1 N–H and O–H groups in total. The van der Waals surface area contributed by atoms with E-state index in [1.807, 2.05) is 25.1 Å². The molecule has 0 spiro atoms. The van der Waals surface area contributed by atoms with Crippen molar-refractivity contribution < 1.29 is 14.5 Å². The number of likely N-dealkylation sites (N-methyl/N-ethyl adjacent to an activating group) is 1. The fourth-order valence-electron chi connectivity index (χ4n) is 3.05. The number of nitro groups is 1. The lowest BCUT2D eigenvalue weighted by Crippen LogP contribution is -2.31. The summed E-state index contributed by atoms with van der Waals surface area (Å²) in [6, 6.07) is 15.2. The second-order valence-corrected chi connectivity index (χ2v) is 7.81. The molecule has 8 nitrogen and oxygen atoms in total. The summed E-state index contributed by atoms with van der Waals surface area (Å²) in [5, 5.41) is 22.7. The zero-order chi connectivity index (χ0) is 21.8. The molecule has 9 heteroatoms. The predicted octanol–water partition coefficient (Wildman–Crippen LogP) is 3.08. The van der Waals surface area contributed by atoms with E-state index in [0.717, 1.165) is 17.3 Å². The highest BCUT2D eigenvalue weighted by atomic mass is 32.2. The molecule has 2 aromatic rings. The van der Waals surface area contributed by atoms with E-state index in [1.165, 1.54) is 24.1 Å². The number of non-ortho nitro benzene ring substituents is 1. The first-order valence-corrected chi connectivity index (χ1v) is 9.90. The number of aryl methyl sites for hydroxylation is 1. The Labute approximate surface area is 177 Å². The van der Waals surface area contributed by atoms with Crippen LogP contribution in [0.1, 0.15) is 11.1 Å². The zero-order valence-electron chi connectivity index (χ0n) is 16.3. The summed E-state index contributed by atoms with van der Waals surface area (Å²) in [6.07, 6.45) is 0.226. The van der Waals surface area contributed by atoms with Crippen molar-refractivity contribution in [2.75, 3.05) is 11.9 Å². The van der Waals surface area contributed by atoms with E-state index in [4.69, 9.17) is 0 Å². The topological polar surface area (TPSA) is 116 Å². The Kier molecular flexibility index (Phi) is 6.18. The second-order valence-electron chi connectivity index (χ2n) is 6.62. The Bertz CT molecular complexity index is 1090. The van der Waals surface area contributed by atoms with E-state index < -0.39 is 16.1 Å². The molecule has 30 heavy (non-hydrogen) atoms. The van der Waals surface area contributed by atoms with E-state index in [-0.39, 0.29) is 28.6 Å². The maximum Gasteiger partial charge on any atom is 0.269 e. The number of rotatable bonds is 5. The standard InChI is InChI=1S/C21H18N4O4S/c1-13-6-8-15(9-7-13)24-20(27)18(30-21(24)17(12-22)19(26)23-2)11-14-4-3-5-16(10-14)25(28)29/h3-10,18H,11H2,1-2H3,(H,23,26)/b21-17-/t18-/m0/s1. The van der Waals surface area contributed by atoms with Gasteiger partial charge in [0.2, 0.25) is 5.91 Å². The SMILES string of the molecule is CNC(=O)/C(C#N)=C1\S[C@@H](Cc2cccc([N+](=O)[O-])c2)C(=O)N1c1ccc(C)cc1. The molecule has 0 radical (unpaired) electrons. The first kappa shape index (κ1) is 21.1. The molecule has 1 saturated heterocycles. The van der Waals surface area contributed by atoms with Crippen LogP contribution in [0.3, 0.4) is 0 Å². The van der Waals surface area contributed by atoms with Gasteiger partial charge in [-0.3, -0.25) is 24.6 Å². The van der Waals surface area contributed by atoms with Crippen molar-refractivity contribution in [3.8, 4) is 6.07 Å². The number of nitriles is 1. The van der Waals surface area contributed by atoms with Gasteiger partial charge in [-0.05, 0) is 31.0 Å². The van der Waals surface area contributed by atoms with E-state index in [9.17, 15) is 25.0 Å². The summed E-state index contributed by atoms with van der Waals surface area (Å²) >= 11 is 1.11. The first-order chi connectivity index (χ1) is 14.3. The molecule has 0 aliphatic carbocycles. The number of benzene rings is 2. The number of nitro benzene ring substituents is 1. The number of amides is 2. The molecular formula is C21H18N4O4S. The minimum Gasteiger partial charge on any atom is -0.354 e. The predicted molar refractivity (Wildman–Crippen MR) is 114 cm³/mol. The minimum absolute atomic E-state index is 0.0582. The summed E-state index contributed by atoms with van der Waals surface area (Å²) in [6.45, 7) is 1.91. The Morgan fingerprint density at radius 1 is 1.30 bits per heavy atom. The minimum atomic E-state index is -0.628. The first-order valence-electron chi connectivity index (χ1n) is 9.02. The molecule has 1 aliphatic heterocycles. The molecule has 1 heterocycles. The molecule has 0 unspecified atom stereocenters. The van der Waals surface area contributed by atoms with Crippen LogP contribution in [0.25, 0.3) is 0 Å². The van der Waals surface area contributed by atoms with Crippen LogP contribution in [-0.2, 0) is 16.0 Å².